The number of aromatic nitrogens is 1. The van der Waals surface area contributed by atoms with Crippen LogP contribution >= 0.6 is 0 Å². The van der Waals surface area contributed by atoms with E-state index in [0.717, 1.165) is 24.3 Å². The summed E-state index contributed by atoms with van der Waals surface area (Å²) < 4.78 is 5.42. The summed E-state index contributed by atoms with van der Waals surface area (Å²) in [5.74, 6) is 0.930. The van der Waals surface area contributed by atoms with Crippen LogP contribution in [0.1, 0.15) is 35.8 Å². The number of ether oxygens (including phenoxy) is 1. The Hall–Kier alpha value is -2.89. The molecule has 0 saturated carbocycles. The number of hydrogen-bond donors (Lipinski definition) is 1. The predicted octanol–water partition coefficient (Wildman–Crippen LogP) is 3.28. The largest absolute Gasteiger partial charge is 0.494 e. The Morgan fingerprint density at radius 2 is 2.00 bits per heavy atom. The third kappa shape index (κ3) is 4.84. The van der Waals surface area contributed by atoms with E-state index in [1.54, 1.807) is 35.2 Å². The molecule has 6 nitrogen and oxygen atoms in total. The highest BCUT2D eigenvalue weighted by atomic mass is 16.5. The molecule has 1 aromatic carbocycles. The van der Waals surface area contributed by atoms with Gasteiger partial charge in [0.1, 0.15) is 11.6 Å². The first-order valence-corrected chi connectivity index (χ1v) is 9.33. The second kappa shape index (κ2) is 8.66. The van der Waals surface area contributed by atoms with Gasteiger partial charge in [-0.15, -0.1) is 0 Å². The van der Waals surface area contributed by atoms with Crippen molar-refractivity contribution >= 4 is 17.6 Å². The van der Waals surface area contributed by atoms with E-state index >= 15 is 0 Å². The smallest absolute Gasteiger partial charge is 0.253 e. The maximum atomic E-state index is 12.8. The van der Waals surface area contributed by atoms with Crippen LogP contribution in [0, 0.1) is 12.8 Å². The highest BCUT2D eigenvalue weighted by molar-refractivity contribution is 5.96. The molecule has 2 heterocycles. The van der Waals surface area contributed by atoms with Gasteiger partial charge in [0, 0.05) is 24.3 Å². The molecule has 2 amide bonds. The maximum Gasteiger partial charge on any atom is 0.253 e. The number of carbonyl (C=O) groups is 2. The first-order chi connectivity index (χ1) is 13.1. The summed E-state index contributed by atoms with van der Waals surface area (Å²) in [6.45, 7) is 5.48. The van der Waals surface area contributed by atoms with Crippen LogP contribution in [0.15, 0.2) is 42.5 Å². The van der Waals surface area contributed by atoms with Crippen LogP contribution in [0.25, 0.3) is 0 Å². The monoisotopic (exact) mass is 367 g/mol. The van der Waals surface area contributed by atoms with Crippen molar-refractivity contribution in [2.24, 2.45) is 5.92 Å². The molecule has 0 spiro atoms. The van der Waals surface area contributed by atoms with Crippen molar-refractivity contribution in [1.29, 1.82) is 0 Å². The summed E-state index contributed by atoms with van der Waals surface area (Å²) in [5.41, 5.74) is 1.46. The summed E-state index contributed by atoms with van der Waals surface area (Å²) in [4.78, 5) is 31.4. The molecule has 2 aromatic rings. The molecule has 1 saturated heterocycles. The highest BCUT2D eigenvalue weighted by Crippen LogP contribution is 2.21. The number of benzene rings is 1. The lowest BCUT2D eigenvalue weighted by Crippen LogP contribution is -2.43. The third-order valence-electron chi connectivity index (χ3n) is 4.63. The van der Waals surface area contributed by atoms with Gasteiger partial charge in [0.05, 0.1) is 12.5 Å². The number of aryl methyl sites for hydroxylation is 1. The molecule has 1 aliphatic heterocycles. The van der Waals surface area contributed by atoms with Gasteiger partial charge < -0.3 is 15.0 Å². The van der Waals surface area contributed by atoms with E-state index in [4.69, 9.17) is 4.74 Å². The Balaban J connectivity index is 1.62. The number of hydrogen-bond acceptors (Lipinski definition) is 4. The van der Waals surface area contributed by atoms with E-state index in [2.05, 4.69) is 10.3 Å². The first kappa shape index (κ1) is 18.9. The standard InChI is InChI=1S/C21H25N3O3/c1-3-27-18-11-9-16(10-12-18)21(26)24-13-5-7-17(14-24)20(25)23-19-8-4-6-15(2)22-19/h4,6,8-12,17H,3,5,7,13-14H2,1-2H3,(H,22,23,25). The predicted molar refractivity (Wildman–Crippen MR) is 104 cm³/mol. The molecule has 1 atom stereocenters. The zero-order chi connectivity index (χ0) is 19.2. The van der Waals surface area contributed by atoms with Gasteiger partial charge in [-0.05, 0) is 63.1 Å². The van der Waals surface area contributed by atoms with Crippen molar-refractivity contribution in [3.63, 3.8) is 0 Å². The molecule has 1 aliphatic rings. The fourth-order valence-corrected chi connectivity index (χ4v) is 3.26. The zero-order valence-electron chi connectivity index (χ0n) is 15.8. The SMILES string of the molecule is CCOc1ccc(C(=O)N2CCCC(C(=O)Nc3cccc(C)n3)C2)cc1. The number of pyridine rings is 1. The maximum absolute atomic E-state index is 12.8. The molecule has 1 aromatic heterocycles. The van der Waals surface area contributed by atoms with Gasteiger partial charge in [0.2, 0.25) is 5.91 Å². The number of carbonyl (C=O) groups excluding carboxylic acids is 2. The Morgan fingerprint density at radius 1 is 1.22 bits per heavy atom. The molecule has 3 rings (SSSR count). The fourth-order valence-electron chi connectivity index (χ4n) is 3.26. The van der Waals surface area contributed by atoms with Crippen molar-refractivity contribution in [3.05, 3.63) is 53.7 Å². The van der Waals surface area contributed by atoms with E-state index in [1.807, 2.05) is 26.0 Å². The van der Waals surface area contributed by atoms with Crippen LogP contribution in [0.5, 0.6) is 5.75 Å². The average Bonchev–Trinajstić information content (AvgIpc) is 2.68. The molecule has 0 bridgehead atoms. The quantitative estimate of drug-likeness (QED) is 0.880. The third-order valence-corrected chi connectivity index (χ3v) is 4.63. The lowest BCUT2D eigenvalue weighted by Gasteiger charge is -2.32. The van der Waals surface area contributed by atoms with Crippen LogP contribution in [-0.4, -0.2) is 41.4 Å². The molecule has 142 valence electrons. The topological polar surface area (TPSA) is 71.5 Å². The van der Waals surface area contributed by atoms with Crippen LogP contribution in [0.3, 0.4) is 0 Å². The van der Waals surface area contributed by atoms with E-state index in [9.17, 15) is 9.59 Å². The summed E-state index contributed by atoms with van der Waals surface area (Å²) in [7, 11) is 0. The van der Waals surface area contributed by atoms with Crippen molar-refractivity contribution in [2.75, 3.05) is 25.0 Å². The number of nitrogens with zero attached hydrogens (tertiary/aromatic N) is 2. The molecule has 0 aliphatic carbocycles. The van der Waals surface area contributed by atoms with E-state index < -0.39 is 0 Å². The molecule has 1 unspecified atom stereocenters. The van der Waals surface area contributed by atoms with Crippen LogP contribution in [0.4, 0.5) is 5.82 Å². The summed E-state index contributed by atoms with van der Waals surface area (Å²) in [6.07, 6.45) is 1.58. The van der Waals surface area contributed by atoms with Gasteiger partial charge in [-0.2, -0.15) is 0 Å². The van der Waals surface area contributed by atoms with E-state index in [-0.39, 0.29) is 17.7 Å². The zero-order valence-corrected chi connectivity index (χ0v) is 15.8. The number of nitrogens with one attached hydrogen (secondary N) is 1. The van der Waals surface area contributed by atoms with Gasteiger partial charge >= 0.3 is 0 Å². The molecular formula is C21H25N3O3. The number of rotatable bonds is 5. The second-order valence-corrected chi connectivity index (χ2v) is 6.70. The van der Waals surface area contributed by atoms with Crippen molar-refractivity contribution in [2.45, 2.75) is 26.7 Å². The van der Waals surface area contributed by atoms with Crippen molar-refractivity contribution in [3.8, 4) is 5.75 Å². The molecular weight excluding hydrogens is 342 g/mol. The summed E-state index contributed by atoms with van der Waals surface area (Å²) >= 11 is 0. The van der Waals surface area contributed by atoms with Gasteiger partial charge in [0.25, 0.3) is 5.91 Å². The minimum Gasteiger partial charge on any atom is -0.494 e. The van der Waals surface area contributed by atoms with Gasteiger partial charge in [-0.25, -0.2) is 4.98 Å². The first-order valence-electron chi connectivity index (χ1n) is 9.33. The number of likely N-dealkylation sites (tertiary alicyclic amines) is 1. The number of anilines is 1. The molecule has 1 fully saturated rings. The van der Waals surface area contributed by atoms with E-state index in [0.29, 0.717) is 31.1 Å². The van der Waals surface area contributed by atoms with Gasteiger partial charge in [0.15, 0.2) is 0 Å². The lowest BCUT2D eigenvalue weighted by molar-refractivity contribution is -0.121. The van der Waals surface area contributed by atoms with Crippen LogP contribution in [0.2, 0.25) is 0 Å². The van der Waals surface area contributed by atoms with Crippen LogP contribution < -0.4 is 10.1 Å². The minimum absolute atomic E-state index is 0.0516. The Labute approximate surface area is 159 Å². The minimum atomic E-state index is -0.229. The Bertz CT molecular complexity index is 805. The summed E-state index contributed by atoms with van der Waals surface area (Å²) in [5, 5.41) is 2.87. The van der Waals surface area contributed by atoms with Gasteiger partial charge in [-0.1, -0.05) is 6.07 Å². The Kier molecular flexibility index (Phi) is 6.06. The fraction of sp³-hybridized carbons (Fsp3) is 0.381. The molecule has 6 heteroatoms. The second-order valence-electron chi connectivity index (χ2n) is 6.70. The number of piperidine rings is 1. The van der Waals surface area contributed by atoms with Crippen molar-refractivity contribution < 1.29 is 14.3 Å². The average molecular weight is 367 g/mol. The van der Waals surface area contributed by atoms with Gasteiger partial charge in [-0.3, -0.25) is 9.59 Å². The Morgan fingerprint density at radius 3 is 2.70 bits per heavy atom. The van der Waals surface area contributed by atoms with E-state index in [1.165, 1.54) is 0 Å². The number of amides is 2. The molecule has 0 radical (unpaired) electrons. The van der Waals surface area contributed by atoms with Crippen molar-refractivity contribution in [1.82, 2.24) is 9.88 Å². The highest BCUT2D eigenvalue weighted by Gasteiger charge is 2.29. The summed E-state index contributed by atoms with van der Waals surface area (Å²) in [6, 6.07) is 12.7. The molecule has 1 N–H and O–H groups in total. The normalized spacial score (nSPS) is 16.7. The van der Waals surface area contributed by atoms with Crippen LogP contribution in [-0.2, 0) is 4.79 Å². The molecule has 27 heavy (non-hydrogen) atoms. The lowest BCUT2D eigenvalue weighted by atomic mass is 9.96.